The highest BCUT2D eigenvalue weighted by Gasteiger charge is 2.13. The normalized spacial score (nSPS) is 14.4. The lowest BCUT2D eigenvalue weighted by molar-refractivity contribution is -0.138. The molecule has 1 aromatic carbocycles. The second-order valence-electron chi connectivity index (χ2n) is 4.10. The van der Waals surface area contributed by atoms with Crippen LogP contribution in [0.1, 0.15) is 31.4 Å². The van der Waals surface area contributed by atoms with Crippen LogP contribution in [0.25, 0.3) is 0 Å². The van der Waals surface area contributed by atoms with Gasteiger partial charge in [0.25, 0.3) is 0 Å². The molecule has 88 valence electrons. The molecule has 0 saturated heterocycles. The van der Waals surface area contributed by atoms with Gasteiger partial charge in [-0.3, -0.25) is 4.79 Å². The predicted octanol–water partition coefficient (Wildman–Crippen LogP) is 2.84. The maximum absolute atomic E-state index is 10.5. The Labute approximate surface area is 100 Å². The van der Waals surface area contributed by atoms with Crippen molar-refractivity contribution >= 4 is 17.6 Å². The Morgan fingerprint density at radius 1 is 1.44 bits per heavy atom. The molecule has 16 heavy (non-hydrogen) atoms. The van der Waals surface area contributed by atoms with Crippen molar-refractivity contribution in [3.63, 3.8) is 0 Å². The topological polar surface area (TPSA) is 63.3 Å². The van der Waals surface area contributed by atoms with Gasteiger partial charge in [0.1, 0.15) is 0 Å². The largest absolute Gasteiger partial charge is 0.481 e. The fourth-order valence-electron chi connectivity index (χ4n) is 1.66. The highest BCUT2D eigenvalue weighted by atomic mass is 35.5. The zero-order chi connectivity index (χ0) is 12.1. The van der Waals surface area contributed by atoms with Crippen LogP contribution < -0.4 is 5.73 Å². The third-order valence-electron chi connectivity index (χ3n) is 2.48. The van der Waals surface area contributed by atoms with Crippen LogP contribution in [-0.4, -0.2) is 11.1 Å². The first-order valence-electron chi connectivity index (χ1n) is 5.22. The van der Waals surface area contributed by atoms with E-state index in [1.165, 1.54) is 0 Å². The molecule has 3 nitrogen and oxygen atoms in total. The first-order valence-corrected chi connectivity index (χ1v) is 5.59. The van der Waals surface area contributed by atoms with Crippen LogP contribution in [0.15, 0.2) is 24.3 Å². The van der Waals surface area contributed by atoms with Gasteiger partial charge < -0.3 is 10.8 Å². The average Bonchev–Trinajstić information content (AvgIpc) is 2.16. The Kier molecular flexibility index (Phi) is 4.77. The van der Waals surface area contributed by atoms with Crippen LogP contribution in [0.5, 0.6) is 0 Å². The lowest BCUT2D eigenvalue weighted by Gasteiger charge is -2.16. The molecule has 0 saturated carbocycles. The summed E-state index contributed by atoms with van der Waals surface area (Å²) in [6, 6.07) is 7.20. The van der Waals surface area contributed by atoms with Gasteiger partial charge in [-0.15, -0.1) is 0 Å². The molecule has 1 rings (SSSR count). The minimum atomic E-state index is -0.782. The molecule has 0 aliphatic carbocycles. The molecule has 0 amide bonds. The summed E-state index contributed by atoms with van der Waals surface area (Å²) >= 11 is 5.77. The van der Waals surface area contributed by atoms with Gasteiger partial charge in [-0.05, 0) is 30.0 Å². The monoisotopic (exact) mass is 241 g/mol. The number of nitrogens with two attached hydrogens (primary N) is 1. The maximum Gasteiger partial charge on any atom is 0.303 e. The second-order valence-corrected chi connectivity index (χ2v) is 4.53. The SMILES string of the molecule is CC(CC(=O)O)CC(N)c1ccc(Cl)cc1. The predicted molar refractivity (Wildman–Crippen MR) is 64.4 cm³/mol. The van der Waals surface area contributed by atoms with E-state index in [4.69, 9.17) is 22.4 Å². The Morgan fingerprint density at radius 2 is 2.00 bits per heavy atom. The van der Waals surface area contributed by atoms with E-state index in [1.807, 2.05) is 19.1 Å². The van der Waals surface area contributed by atoms with Gasteiger partial charge in [-0.2, -0.15) is 0 Å². The minimum absolute atomic E-state index is 0.0724. The lowest BCUT2D eigenvalue weighted by atomic mass is 9.94. The number of benzene rings is 1. The van der Waals surface area contributed by atoms with Crippen molar-refractivity contribution in [3.05, 3.63) is 34.9 Å². The van der Waals surface area contributed by atoms with Crippen molar-refractivity contribution in [2.45, 2.75) is 25.8 Å². The number of rotatable bonds is 5. The van der Waals surface area contributed by atoms with Crippen molar-refractivity contribution in [2.24, 2.45) is 11.7 Å². The standard InChI is InChI=1S/C12H16ClNO2/c1-8(7-12(15)16)6-11(14)9-2-4-10(13)5-3-9/h2-5,8,11H,6-7,14H2,1H3,(H,15,16). The molecule has 0 fully saturated rings. The molecule has 0 aliphatic rings. The van der Waals surface area contributed by atoms with Crippen molar-refractivity contribution in [1.82, 2.24) is 0 Å². The smallest absolute Gasteiger partial charge is 0.303 e. The fourth-order valence-corrected chi connectivity index (χ4v) is 1.79. The van der Waals surface area contributed by atoms with Crippen molar-refractivity contribution in [3.8, 4) is 0 Å². The van der Waals surface area contributed by atoms with E-state index >= 15 is 0 Å². The molecule has 0 aliphatic heterocycles. The molecule has 0 radical (unpaired) electrons. The molecule has 0 bridgehead atoms. The fraction of sp³-hybridized carbons (Fsp3) is 0.417. The van der Waals surface area contributed by atoms with E-state index < -0.39 is 5.97 Å². The molecule has 2 unspecified atom stereocenters. The van der Waals surface area contributed by atoms with Gasteiger partial charge >= 0.3 is 5.97 Å². The first-order chi connectivity index (χ1) is 7.49. The van der Waals surface area contributed by atoms with E-state index in [2.05, 4.69) is 0 Å². The molecule has 2 atom stereocenters. The quantitative estimate of drug-likeness (QED) is 0.833. The average molecular weight is 242 g/mol. The molecular formula is C12H16ClNO2. The number of carboxylic acid groups (broad SMARTS) is 1. The highest BCUT2D eigenvalue weighted by molar-refractivity contribution is 6.30. The second kappa shape index (κ2) is 5.87. The lowest BCUT2D eigenvalue weighted by Crippen LogP contribution is -2.15. The number of hydrogen-bond donors (Lipinski definition) is 2. The third-order valence-corrected chi connectivity index (χ3v) is 2.73. The number of hydrogen-bond acceptors (Lipinski definition) is 2. The van der Waals surface area contributed by atoms with Gasteiger partial charge in [-0.25, -0.2) is 0 Å². The zero-order valence-electron chi connectivity index (χ0n) is 9.19. The Morgan fingerprint density at radius 3 is 2.50 bits per heavy atom. The van der Waals surface area contributed by atoms with Gasteiger partial charge in [0.15, 0.2) is 0 Å². The minimum Gasteiger partial charge on any atom is -0.481 e. The summed E-state index contributed by atoms with van der Waals surface area (Å²) in [4.78, 5) is 10.5. The Hall–Kier alpha value is -1.06. The van der Waals surface area contributed by atoms with E-state index in [-0.39, 0.29) is 18.4 Å². The molecule has 1 aromatic rings. The van der Waals surface area contributed by atoms with E-state index in [0.29, 0.717) is 11.4 Å². The number of halogens is 1. The molecule has 0 heterocycles. The van der Waals surface area contributed by atoms with Crippen LogP contribution in [0, 0.1) is 5.92 Å². The summed E-state index contributed by atoms with van der Waals surface area (Å²) in [6.45, 7) is 1.89. The number of carboxylic acids is 1. The van der Waals surface area contributed by atoms with Crippen LogP contribution in [0.4, 0.5) is 0 Å². The summed E-state index contributed by atoms with van der Waals surface area (Å²) in [5.41, 5.74) is 6.97. The zero-order valence-corrected chi connectivity index (χ0v) is 9.95. The first kappa shape index (κ1) is 13.0. The summed E-state index contributed by atoms with van der Waals surface area (Å²) < 4.78 is 0. The highest BCUT2D eigenvalue weighted by Crippen LogP contribution is 2.22. The number of aliphatic carboxylic acids is 1. The van der Waals surface area contributed by atoms with Gasteiger partial charge in [-0.1, -0.05) is 30.7 Å². The summed E-state index contributed by atoms with van der Waals surface area (Å²) in [5.74, 6) is -0.709. The van der Waals surface area contributed by atoms with E-state index in [1.54, 1.807) is 12.1 Å². The van der Waals surface area contributed by atoms with Crippen LogP contribution in [-0.2, 0) is 4.79 Å². The van der Waals surface area contributed by atoms with Gasteiger partial charge in [0.05, 0.1) is 0 Å². The summed E-state index contributed by atoms with van der Waals surface area (Å²) in [7, 11) is 0. The van der Waals surface area contributed by atoms with Gasteiger partial charge in [0.2, 0.25) is 0 Å². The van der Waals surface area contributed by atoms with E-state index in [0.717, 1.165) is 5.56 Å². The van der Waals surface area contributed by atoms with Crippen molar-refractivity contribution in [2.75, 3.05) is 0 Å². The molecule has 0 spiro atoms. The third kappa shape index (κ3) is 4.21. The van der Waals surface area contributed by atoms with E-state index in [9.17, 15) is 4.79 Å². The molecular weight excluding hydrogens is 226 g/mol. The van der Waals surface area contributed by atoms with Crippen LogP contribution in [0.2, 0.25) is 5.02 Å². The van der Waals surface area contributed by atoms with Crippen molar-refractivity contribution in [1.29, 1.82) is 0 Å². The Balaban J connectivity index is 2.54. The molecule has 3 N–H and O–H groups in total. The molecule has 0 aromatic heterocycles. The van der Waals surface area contributed by atoms with Crippen LogP contribution in [0.3, 0.4) is 0 Å². The maximum atomic E-state index is 10.5. The Bertz CT molecular complexity index is 351. The van der Waals surface area contributed by atoms with Gasteiger partial charge in [0, 0.05) is 17.5 Å². The number of carbonyl (C=O) groups is 1. The molecule has 4 heteroatoms. The summed E-state index contributed by atoms with van der Waals surface area (Å²) in [5, 5.41) is 9.32. The van der Waals surface area contributed by atoms with Crippen molar-refractivity contribution < 1.29 is 9.90 Å². The summed E-state index contributed by atoms with van der Waals surface area (Å²) in [6.07, 6.45) is 0.815. The van der Waals surface area contributed by atoms with Crippen LogP contribution >= 0.6 is 11.6 Å².